The maximum atomic E-state index is 12.4. The summed E-state index contributed by atoms with van der Waals surface area (Å²) in [7, 11) is 0. The largest absolute Gasteiger partial charge is 0.460 e. The van der Waals surface area contributed by atoms with Crippen molar-refractivity contribution in [2.45, 2.75) is 71.3 Å². The Labute approximate surface area is 220 Å². The van der Waals surface area contributed by atoms with Gasteiger partial charge in [-0.05, 0) is 87.3 Å². The number of fused-ring (bicyclic) bond motifs is 1. The Balaban J connectivity index is 1.44. The van der Waals surface area contributed by atoms with Gasteiger partial charge in [0.2, 0.25) is 0 Å². The smallest absolute Gasteiger partial charge is 0.306 e. The van der Waals surface area contributed by atoms with E-state index in [0.717, 1.165) is 48.8 Å². The minimum absolute atomic E-state index is 0.0972. The SMILES string of the molecule is CC(C)(C)OC(=O)CCCCc1cccc(-c2cccc(OC3=CC(=O)CCCc4ccccc43)c2)c1. The highest BCUT2D eigenvalue weighted by molar-refractivity contribution is 5.96. The molecule has 0 fully saturated rings. The number of carbonyl (C=O) groups is 2. The number of hydrogen-bond acceptors (Lipinski definition) is 4. The molecule has 0 N–H and O–H groups in total. The second kappa shape index (κ2) is 12.1. The van der Waals surface area contributed by atoms with Crippen LogP contribution in [0.1, 0.15) is 69.6 Å². The summed E-state index contributed by atoms with van der Waals surface area (Å²) in [6.45, 7) is 5.68. The van der Waals surface area contributed by atoms with Crippen LogP contribution in [0.4, 0.5) is 0 Å². The van der Waals surface area contributed by atoms with Crippen molar-refractivity contribution in [3.63, 3.8) is 0 Å². The van der Waals surface area contributed by atoms with Crippen molar-refractivity contribution in [3.05, 3.63) is 95.6 Å². The molecule has 0 aliphatic heterocycles. The fraction of sp³-hybridized carbons (Fsp3) is 0.333. The predicted octanol–water partition coefficient (Wildman–Crippen LogP) is 7.73. The van der Waals surface area contributed by atoms with E-state index < -0.39 is 5.60 Å². The normalized spacial score (nSPS) is 13.7. The van der Waals surface area contributed by atoms with E-state index in [9.17, 15) is 9.59 Å². The maximum absolute atomic E-state index is 12.4. The van der Waals surface area contributed by atoms with Crippen molar-refractivity contribution in [1.29, 1.82) is 0 Å². The molecular formula is C33H36O4. The van der Waals surface area contributed by atoms with Crippen LogP contribution in [-0.2, 0) is 27.2 Å². The molecule has 4 nitrogen and oxygen atoms in total. The second-order valence-corrected chi connectivity index (χ2v) is 10.6. The fourth-order valence-electron chi connectivity index (χ4n) is 4.58. The minimum atomic E-state index is -0.436. The molecule has 0 aromatic heterocycles. The lowest BCUT2D eigenvalue weighted by Gasteiger charge is -2.19. The number of hydrogen-bond donors (Lipinski definition) is 0. The summed E-state index contributed by atoms with van der Waals surface area (Å²) in [6.07, 6.45) is 6.97. The van der Waals surface area contributed by atoms with Crippen LogP contribution < -0.4 is 4.74 Å². The molecule has 0 saturated heterocycles. The first-order valence-corrected chi connectivity index (χ1v) is 13.2. The van der Waals surface area contributed by atoms with Crippen molar-refractivity contribution >= 4 is 17.5 Å². The lowest BCUT2D eigenvalue weighted by molar-refractivity contribution is -0.154. The first-order valence-electron chi connectivity index (χ1n) is 13.2. The second-order valence-electron chi connectivity index (χ2n) is 10.6. The standard InChI is InChI=1S/C33H36O4/c1-33(2,3)37-32(35)20-7-4-11-24-12-8-15-26(21-24)27-16-10-18-29(22-27)36-31-23-28(34)17-9-14-25-13-5-6-19-30(25)31/h5-6,8,10,12-13,15-16,18-19,21-23H,4,7,9,11,14,17,20H2,1-3H3. The Hall–Kier alpha value is -3.66. The highest BCUT2D eigenvalue weighted by Crippen LogP contribution is 2.30. The van der Waals surface area contributed by atoms with Crippen LogP contribution in [0.3, 0.4) is 0 Å². The number of allylic oxidation sites excluding steroid dienone is 1. The number of carbonyl (C=O) groups excluding carboxylic acids is 2. The van der Waals surface area contributed by atoms with E-state index in [4.69, 9.17) is 9.47 Å². The lowest BCUT2D eigenvalue weighted by Crippen LogP contribution is -2.23. The van der Waals surface area contributed by atoms with Crippen LogP contribution in [-0.4, -0.2) is 17.4 Å². The van der Waals surface area contributed by atoms with Gasteiger partial charge in [-0.3, -0.25) is 9.59 Å². The zero-order valence-electron chi connectivity index (χ0n) is 22.1. The molecular weight excluding hydrogens is 460 g/mol. The van der Waals surface area contributed by atoms with Gasteiger partial charge in [-0.1, -0.05) is 60.7 Å². The third-order valence-electron chi connectivity index (χ3n) is 6.28. The quantitative estimate of drug-likeness (QED) is 0.236. The molecule has 1 aliphatic rings. The number of esters is 1. The molecule has 4 heteroatoms. The molecule has 37 heavy (non-hydrogen) atoms. The van der Waals surface area contributed by atoms with Gasteiger partial charge in [-0.15, -0.1) is 0 Å². The van der Waals surface area contributed by atoms with Gasteiger partial charge in [-0.25, -0.2) is 0 Å². The monoisotopic (exact) mass is 496 g/mol. The molecule has 4 rings (SSSR count). The van der Waals surface area contributed by atoms with Gasteiger partial charge < -0.3 is 9.47 Å². The van der Waals surface area contributed by atoms with Crippen molar-refractivity contribution in [3.8, 4) is 16.9 Å². The van der Waals surface area contributed by atoms with Crippen LogP contribution in [0.5, 0.6) is 5.75 Å². The van der Waals surface area contributed by atoms with Gasteiger partial charge in [0.05, 0.1) is 0 Å². The van der Waals surface area contributed by atoms with E-state index in [2.05, 4.69) is 36.4 Å². The van der Waals surface area contributed by atoms with E-state index in [1.807, 2.05) is 57.2 Å². The number of unbranched alkanes of at least 4 members (excludes halogenated alkanes) is 1. The van der Waals surface area contributed by atoms with E-state index in [-0.39, 0.29) is 11.8 Å². The number of aryl methyl sites for hydroxylation is 2. The molecule has 0 radical (unpaired) electrons. The number of rotatable bonds is 8. The lowest BCUT2D eigenvalue weighted by atomic mass is 9.96. The zero-order chi connectivity index (χ0) is 26.3. The van der Waals surface area contributed by atoms with Gasteiger partial charge in [0.15, 0.2) is 5.78 Å². The van der Waals surface area contributed by atoms with Crippen molar-refractivity contribution < 1.29 is 19.1 Å². The molecule has 0 unspecified atom stereocenters. The first-order chi connectivity index (χ1) is 17.8. The zero-order valence-corrected chi connectivity index (χ0v) is 22.1. The van der Waals surface area contributed by atoms with Crippen LogP contribution in [0.2, 0.25) is 0 Å². The highest BCUT2D eigenvalue weighted by atomic mass is 16.6. The molecule has 0 bridgehead atoms. The molecule has 1 aliphatic carbocycles. The van der Waals surface area contributed by atoms with Crippen LogP contribution in [0.15, 0.2) is 78.9 Å². The predicted molar refractivity (Wildman–Crippen MR) is 148 cm³/mol. The Morgan fingerprint density at radius 3 is 2.43 bits per heavy atom. The van der Waals surface area contributed by atoms with Gasteiger partial charge in [0, 0.05) is 24.5 Å². The van der Waals surface area contributed by atoms with Crippen molar-refractivity contribution in [2.75, 3.05) is 0 Å². The van der Waals surface area contributed by atoms with Crippen LogP contribution in [0.25, 0.3) is 16.9 Å². The Morgan fingerprint density at radius 2 is 1.62 bits per heavy atom. The van der Waals surface area contributed by atoms with Crippen molar-refractivity contribution in [1.82, 2.24) is 0 Å². The number of benzene rings is 3. The highest BCUT2D eigenvalue weighted by Gasteiger charge is 2.17. The average molecular weight is 497 g/mol. The summed E-state index contributed by atoms with van der Waals surface area (Å²) >= 11 is 0. The summed E-state index contributed by atoms with van der Waals surface area (Å²) in [6, 6.07) is 24.6. The molecule has 0 spiro atoms. The Kier molecular flexibility index (Phi) is 8.60. The molecule has 3 aromatic rings. The van der Waals surface area contributed by atoms with E-state index in [0.29, 0.717) is 24.4 Å². The van der Waals surface area contributed by atoms with Crippen LogP contribution >= 0.6 is 0 Å². The van der Waals surface area contributed by atoms with Gasteiger partial charge in [0.1, 0.15) is 17.1 Å². The first kappa shape index (κ1) is 26.4. The van der Waals surface area contributed by atoms with E-state index >= 15 is 0 Å². The fourth-order valence-corrected chi connectivity index (χ4v) is 4.58. The molecule has 0 atom stereocenters. The third kappa shape index (κ3) is 7.91. The van der Waals surface area contributed by atoms with Crippen molar-refractivity contribution in [2.24, 2.45) is 0 Å². The summed E-state index contributed by atoms with van der Waals surface area (Å²) in [4.78, 5) is 24.3. The molecule has 3 aromatic carbocycles. The summed E-state index contributed by atoms with van der Waals surface area (Å²) in [5, 5.41) is 0. The van der Waals surface area contributed by atoms with E-state index in [1.165, 1.54) is 11.1 Å². The maximum Gasteiger partial charge on any atom is 0.306 e. The van der Waals surface area contributed by atoms with Gasteiger partial charge in [-0.2, -0.15) is 0 Å². The van der Waals surface area contributed by atoms with Gasteiger partial charge >= 0.3 is 5.97 Å². The summed E-state index contributed by atoms with van der Waals surface area (Å²) < 4.78 is 11.7. The summed E-state index contributed by atoms with van der Waals surface area (Å²) in [5.41, 5.74) is 5.15. The molecule has 192 valence electrons. The molecule has 0 saturated carbocycles. The van der Waals surface area contributed by atoms with Crippen LogP contribution in [0, 0.1) is 0 Å². The number of ether oxygens (including phenoxy) is 2. The Morgan fingerprint density at radius 1 is 0.865 bits per heavy atom. The topological polar surface area (TPSA) is 52.6 Å². The molecule has 0 heterocycles. The molecule has 0 amide bonds. The third-order valence-corrected chi connectivity index (χ3v) is 6.28. The minimum Gasteiger partial charge on any atom is -0.460 e. The summed E-state index contributed by atoms with van der Waals surface area (Å²) in [5.74, 6) is 1.27. The van der Waals surface area contributed by atoms with E-state index in [1.54, 1.807) is 6.08 Å². The number of ketones is 1. The van der Waals surface area contributed by atoms with Gasteiger partial charge in [0.25, 0.3) is 0 Å². The Bertz CT molecular complexity index is 1280. The average Bonchev–Trinajstić information content (AvgIpc) is 2.85.